The number of nitrogens with one attached hydrogen (secondary N) is 2. The summed E-state index contributed by atoms with van der Waals surface area (Å²) in [4.78, 5) is 39.0. The van der Waals surface area contributed by atoms with Crippen molar-refractivity contribution in [3.05, 3.63) is 71.9 Å². The minimum absolute atomic E-state index is 0.0717. The third kappa shape index (κ3) is 5.54. The maximum absolute atomic E-state index is 13.2. The summed E-state index contributed by atoms with van der Waals surface area (Å²) < 4.78 is 0. The molecule has 0 saturated carbocycles. The summed E-state index contributed by atoms with van der Waals surface area (Å²) in [5, 5.41) is 10.8. The number of rotatable bonds is 6. The van der Waals surface area contributed by atoms with Crippen LogP contribution in [0.15, 0.2) is 55.0 Å². The van der Waals surface area contributed by atoms with E-state index in [1.54, 1.807) is 12.1 Å². The van der Waals surface area contributed by atoms with E-state index >= 15 is 0 Å². The van der Waals surface area contributed by atoms with E-state index in [1.165, 1.54) is 31.0 Å². The fourth-order valence-corrected chi connectivity index (χ4v) is 5.54. The molecule has 2 saturated heterocycles. The molecule has 9 heteroatoms. The van der Waals surface area contributed by atoms with Gasteiger partial charge in [0.05, 0.1) is 17.4 Å². The first-order valence-corrected chi connectivity index (χ1v) is 13.7. The second-order valence-corrected chi connectivity index (χ2v) is 10.8. The number of piperidine rings is 1. The minimum Gasteiger partial charge on any atom is -0.337 e. The quantitative estimate of drug-likeness (QED) is 0.378. The molecular formula is C30H33N7O2. The maximum atomic E-state index is 13.2. The number of likely N-dealkylation sites (tertiary alicyclic amines) is 2. The van der Waals surface area contributed by atoms with Gasteiger partial charge in [-0.1, -0.05) is 19.4 Å². The summed E-state index contributed by atoms with van der Waals surface area (Å²) >= 11 is 0. The molecule has 9 nitrogen and oxygen atoms in total. The van der Waals surface area contributed by atoms with E-state index in [-0.39, 0.29) is 11.8 Å². The Balaban J connectivity index is 1.17. The van der Waals surface area contributed by atoms with Gasteiger partial charge in [-0.25, -0.2) is 4.98 Å². The summed E-state index contributed by atoms with van der Waals surface area (Å²) in [7, 11) is 0. The molecule has 2 N–H and O–H groups in total. The molecule has 0 radical (unpaired) electrons. The molecule has 6 rings (SSSR count). The third-order valence-electron chi connectivity index (χ3n) is 7.71. The zero-order chi connectivity index (χ0) is 26.8. The number of fused-ring (bicyclic) bond motifs is 1. The van der Waals surface area contributed by atoms with Gasteiger partial charge in [-0.05, 0) is 79.7 Å². The van der Waals surface area contributed by atoms with Gasteiger partial charge in [0.15, 0.2) is 5.69 Å². The molecule has 0 bridgehead atoms. The van der Waals surface area contributed by atoms with Gasteiger partial charge < -0.3 is 10.2 Å². The lowest BCUT2D eigenvalue weighted by molar-refractivity contribution is 0.0782. The average Bonchev–Trinajstić information content (AvgIpc) is 3.60. The number of benzene rings is 1. The smallest absolute Gasteiger partial charge is 0.276 e. The van der Waals surface area contributed by atoms with Crippen LogP contribution in [0, 0.1) is 5.92 Å². The molecule has 1 aromatic carbocycles. The van der Waals surface area contributed by atoms with Crippen LogP contribution in [0.1, 0.15) is 59.1 Å². The Morgan fingerprint density at radius 3 is 2.64 bits per heavy atom. The normalized spacial score (nSPS) is 18.0. The standard InChI is InChI=1S/C30H33N7O2/c1-20-9-12-37(18-20)30(39)27-8-6-24(17-32-27)33-29(38)28-25-14-22(5-7-26(25)34-35-28)23-13-21(15-31-16-23)19-36-10-3-2-4-11-36/h5-8,13-17,20H,2-4,9-12,18-19H2,1H3,(H,33,38)(H,34,35). The molecule has 2 aliphatic heterocycles. The van der Waals surface area contributed by atoms with Crippen LogP contribution >= 0.6 is 0 Å². The van der Waals surface area contributed by atoms with Gasteiger partial charge in [-0.3, -0.25) is 24.6 Å². The zero-order valence-corrected chi connectivity index (χ0v) is 22.2. The highest BCUT2D eigenvalue weighted by Gasteiger charge is 2.25. The van der Waals surface area contributed by atoms with Crippen LogP contribution < -0.4 is 5.32 Å². The molecule has 2 fully saturated rings. The van der Waals surface area contributed by atoms with Crippen LogP contribution in [0.5, 0.6) is 0 Å². The van der Waals surface area contributed by atoms with E-state index in [9.17, 15) is 9.59 Å². The van der Waals surface area contributed by atoms with Crippen LogP contribution in [0.4, 0.5) is 5.69 Å². The Morgan fingerprint density at radius 1 is 1.00 bits per heavy atom. The molecule has 5 heterocycles. The maximum Gasteiger partial charge on any atom is 0.276 e. The Hall–Kier alpha value is -4.11. The van der Waals surface area contributed by atoms with Crippen molar-refractivity contribution in [2.24, 2.45) is 5.92 Å². The Kier molecular flexibility index (Phi) is 7.06. The number of hydrogen-bond acceptors (Lipinski definition) is 6. The molecule has 0 spiro atoms. The summed E-state index contributed by atoms with van der Waals surface area (Å²) in [6, 6.07) is 11.5. The number of hydrogen-bond donors (Lipinski definition) is 2. The van der Waals surface area contributed by atoms with Crippen molar-refractivity contribution >= 4 is 28.4 Å². The summed E-state index contributed by atoms with van der Waals surface area (Å²) in [5.41, 5.74) is 5.15. The molecule has 3 aromatic heterocycles. The Morgan fingerprint density at radius 2 is 1.87 bits per heavy atom. The highest BCUT2D eigenvalue weighted by atomic mass is 16.2. The van der Waals surface area contributed by atoms with E-state index in [2.05, 4.69) is 43.4 Å². The molecule has 0 aliphatic carbocycles. The third-order valence-corrected chi connectivity index (χ3v) is 7.71. The Bertz CT molecular complexity index is 1490. The lowest BCUT2D eigenvalue weighted by atomic mass is 10.0. The van der Waals surface area contributed by atoms with Crippen LogP contribution in [0.3, 0.4) is 0 Å². The van der Waals surface area contributed by atoms with Gasteiger partial charge in [0.25, 0.3) is 11.8 Å². The second-order valence-electron chi connectivity index (χ2n) is 10.8. The van der Waals surface area contributed by atoms with Crippen LogP contribution in [0.2, 0.25) is 0 Å². The number of carbonyl (C=O) groups is 2. The van der Waals surface area contributed by atoms with E-state index in [0.717, 1.165) is 61.2 Å². The number of carbonyl (C=O) groups excluding carboxylic acids is 2. The predicted octanol–water partition coefficient (Wildman–Crippen LogP) is 4.74. The molecule has 4 aromatic rings. The lowest BCUT2D eigenvalue weighted by Gasteiger charge is -2.26. The molecule has 2 amide bonds. The van der Waals surface area contributed by atoms with Crippen molar-refractivity contribution in [1.82, 2.24) is 30.0 Å². The minimum atomic E-state index is -0.343. The average molecular weight is 524 g/mol. The number of pyridine rings is 2. The number of aromatic nitrogens is 4. The van der Waals surface area contributed by atoms with Crippen LogP contribution in [-0.2, 0) is 6.54 Å². The largest absolute Gasteiger partial charge is 0.337 e. The Labute approximate surface area is 227 Å². The fraction of sp³-hybridized carbons (Fsp3) is 0.367. The van der Waals surface area contributed by atoms with E-state index in [1.807, 2.05) is 35.5 Å². The fourth-order valence-electron chi connectivity index (χ4n) is 5.54. The molecule has 1 unspecified atom stereocenters. The summed E-state index contributed by atoms with van der Waals surface area (Å²) in [5.74, 6) is 0.0959. The first-order chi connectivity index (χ1) is 19.0. The number of aromatic amines is 1. The second kappa shape index (κ2) is 10.9. The lowest BCUT2D eigenvalue weighted by Crippen LogP contribution is -2.29. The number of H-pyrrole nitrogens is 1. The van der Waals surface area contributed by atoms with Crippen LogP contribution in [0.25, 0.3) is 22.0 Å². The molecular weight excluding hydrogens is 490 g/mol. The van der Waals surface area contributed by atoms with Gasteiger partial charge in [-0.2, -0.15) is 5.10 Å². The number of amides is 2. The highest BCUT2D eigenvalue weighted by Crippen LogP contribution is 2.27. The topological polar surface area (TPSA) is 107 Å². The van der Waals surface area contributed by atoms with Crippen molar-refractivity contribution in [3.8, 4) is 11.1 Å². The van der Waals surface area contributed by atoms with Crippen LogP contribution in [-0.4, -0.2) is 68.0 Å². The molecule has 39 heavy (non-hydrogen) atoms. The molecule has 1 atom stereocenters. The zero-order valence-electron chi connectivity index (χ0n) is 22.2. The SMILES string of the molecule is CC1CCN(C(=O)c2ccc(NC(=O)c3n[nH]c4ccc(-c5cncc(CN6CCCCC6)c5)cc34)cn2)C1. The van der Waals surface area contributed by atoms with Crippen molar-refractivity contribution in [1.29, 1.82) is 0 Å². The molecule has 2 aliphatic rings. The number of nitrogens with zero attached hydrogens (tertiary/aromatic N) is 5. The van der Waals surface area contributed by atoms with Gasteiger partial charge in [0, 0.05) is 43.0 Å². The highest BCUT2D eigenvalue weighted by molar-refractivity contribution is 6.11. The van der Waals surface area contributed by atoms with E-state index in [0.29, 0.717) is 23.0 Å². The first kappa shape index (κ1) is 25.2. The van der Waals surface area contributed by atoms with Gasteiger partial charge in [0.1, 0.15) is 5.69 Å². The summed E-state index contributed by atoms with van der Waals surface area (Å²) in [6.45, 7) is 6.83. The number of anilines is 1. The van der Waals surface area contributed by atoms with Gasteiger partial charge in [0.2, 0.25) is 0 Å². The predicted molar refractivity (Wildman–Crippen MR) is 150 cm³/mol. The van der Waals surface area contributed by atoms with E-state index < -0.39 is 0 Å². The van der Waals surface area contributed by atoms with Gasteiger partial charge in [-0.15, -0.1) is 0 Å². The van der Waals surface area contributed by atoms with E-state index in [4.69, 9.17) is 0 Å². The van der Waals surface area contributed by atoms with Crippen molar-refractivity contribution in [2.75, 3.05) is 31.5 Å². The van der Waals surface area contributed by atoms with Crippen molar-refractivity contribution in [2.45, 2.75) is 39.2 Å². The van der Waals surface area contributed by atoms with Gasteiger partial charge >= 0.3 is 0 Å². The van der Waals surface area contributed by atoms with Crippen molar-refractivity contribution in [3.63, 3.8) is 0 Å². The summed E-state index contributed by atoms with van der Waals surface area (Å²) in [6.07, 6.45) is 10.2. The molecule has 200 valence electrons. The first-order valence-electron chi connectivity index (χ1n) is 13.7. The monoisotopic (exact) mass is 523 g/mol. The van der Waals surface area contributed by atoms with Crippen molar-refractivity contribution < 1.29 is 9.59 Å².